The van der Waals surface area contributed by atoms with Crippen LogP contribution in [0, 0.1) is 0 Å². The maximum Gasteiger partial charge on any atom is 0.142 e. The molecule has 0 aromatic carbocycles. The van der Waals surface area contributed by atoms with Crippen molar-refractivity contribution in [2.24, 2.45) is 0 Å². The van der Waals surface area contributed by atoms with Crippen molar-refractivity contribution in [2.75, 3.05) is 39.3 Å². The topological polar surface area (TPSA) is 44.3 Å². The minimum atomic E-state index is 0.783. The summed E-state index contributed by atoms with van der Waals surface area (Å²) in [7, 11) is 0. The van der Waals surface area contributed by atoms with E-state index in [1.165, 1.54) is 26.2 Å². The third-order valence-electron chi connectivity index (χ3n) is 3.67. The van der Waals surface area contributed by atoms with Gasteiger partial charge in [-0.3, -0.25) is 9.80 Å². The molecule has 2 aliphatic heterocycles. The molecule has 3 heterocycles. The van der Waals surface area contributed by atoms with Crippen molar-refractivity contribution in [1.29, 1.82) is 0 Å². The molecule has 2 fully saturated rings. The van der Waals surface area contributed by atoms with Crippen molar-refractivity contribution in [1.82, 2.24) is 25.1 Å². The van der Waals surface area contributed by atoms with Crippen LogP contribution in [0.5, 0.6) is 0 Å². The molecule has 0 bridgehead atoms. The second-order valence-electron chi connectivity index (χ2n) is 4.79. The highest BCUT2D eigenvalue weighted by atomic mass is 15.3. The molecular weight excluding hydrogens is 214 g/mol. The fourth-order valence-corrected chi connectivity index (χ4v) is 2.43. The summed E-state index contributed by atoms with van der Waals surface area (Å²) in [5, 5.41) is 3.33. The highest BCUT2D eigenvalue weighted by Gasteiger charge is 2.27. The zero-order valence-electron chi connectivity index (χ0n) is 10.0. The van der Waals surface area contributed by atoms with E-state index in [1.807, 2.05) is 18.5 Å². The van der Waals surface area contributed by atoms with Crippen molar-refractivity contribution in [3.8, 4) is 0 Å². The molecule has 0 radical (unpaired) electrons. The molecule has 0 aliphatic carbocycles. The summed E-state index contributed by atoms with van der Waals surface area (Å²) < 4.78 is 0. The van der Waals surface area contributed by atoms with Crippen LogP contribution in [0.4, 0.5) is 0 Å². The Morgan fingerprint density at radius 1 is 1.12 bits per heavy atom. The molecule has 0 spiro atoms. The van der Waals surface area contributed by atoms with Gasteiger partial charge in [0.25, 0.3) is 0 Å². The van der Waals surface area contributed by atoms with Crippen LogP contribution in [0.25, 0.3) is 0 Å². The Morgan fingerprint density at radius 2 is 1.82 bits per heavy atom. The second-order valence-corrected chi connectivity index (χ2v) is 4.79. The van der Waals surface area contributed by atoms with E-state index in [9.17, 15) is 0 Å². The first kappa shape index (κ1) is 11.1. The molecule has 5 heteroatoms. The monoisotopic (exact) mass is 233 g/mol. The van der Waals surface area contributed by atoms with Gasteiger partial charge in [-0.05, 0) is 6.07 Å². The number of rotatable bonds is 3. The van der Waals surface area contributed by atoms with Crippen molar-refractivity contribution in [3.63, 3.8) is 0 Å². The van der Waals surface area contributed by atoms with Crippen LogP contribution in [0.1, 0.15) is 5.82 Å². The van der Waals surface area contributed by atoms with Crippen molar-refractivity contribution in [2.45, 2.75) is 12.6 Å². The molecule has 0 amide bonds. The SMILES string of the molecule is c1cnc(CN2CCN(C3CNC3)CC2)nc1. The van der Waals surface area contributed by atoms with Crippen LogP contribution < -0.4 is 5.32 Å². The second kappa shape index (κ2) is 5.08. The largest absolute Gasteiger partial charge is 0.314 e. The standard InChI is InChI=1S/C12H19N5/c1-2-14-12(15-3-1)10-16-4-6-17(7-5-16)11-8-13-9-11/h1-3,11,13H,4-10H2. The van der Waals surface area contributed by atoms with Gasteiger partial charge < -0.3 is 5.32 Å². The van der Waals surface area contributed by atoms with E-state index in [1.54, 1.807) is 0 Å². The quantitative estimate of drug-likeness (QED) is 0.767. The summed E-state index contributed by atoms with van der Waals surface area (Å²) in [5.74, 6) is 0.936. The summed E-state index contributed by atoms with van der Waals surface area (Å²) in [6.45, 7) is 7.85. The van der Waals surface area contributed by atoms with Gasteiger partial charge in [0, 0.05) is 57.7 Å². The van der Waals surface area contributed by atoms with Gasteiger partial charge in [-0.25, -0.2) is 9.97 Å². The summed E-state index contributed by atoms with van der Waals surface area (Å²) in [6, 6.07) is 2.65. The van der Waals surface area contributed by atoms with Gasteiger partial charge >= 0.3 is 0 Å². The zero-order valence-corrected chi connectivity index (χ0v) is 10.0. The molecule has 3 rings (SSSR count). The van der Waals surface area contributed by atoms with Crippen LogP contribution in [0.2, 0.25) is 0 Å². The predicted molar refractivity (Wildman–Crippen MR) is 65.5 cm³/mol. The van der Waals surface area contributed by atoms with E-state index in [-0.39, 0.29) is 0 Å². The van der Waals surface area contributed by atoms with Gasteiger partial charge in [0.05, 0.1) is 6.54 Å². The molecule has 2 saturated heterocycles. The fraction of sp³-hybridized carbons (Fsp3) is 0.667. The molecule has 5 nitrogen and oxygen atoms in total. The third-order valence-corrected chi connectivity index (χ3v) is 3.67. The van der Waals surface area contributed by atoms with Crippen LogP contribution in [-0.2, 0) is 6.54 Å². The number of aromatic nitrogens is 2. The molecule has 0 unspecified atom stereocenters. The maximum absolute atomic E-state index is 4.28. The van der Waals surface area contributed by atoms with Gasteiger partial charge in [0.1, 0.15) is 5.82 Å². The average molecular weight is 233 g/mol. The summed E-state index contributed by atoms with van der Waals surface area (Å²) in [6.07, 6.45) is 3.64. The Kier molecular flexibility index (Phi) is 3.31. The van der Waals surface area contributed by atoms with Gasteiger partial charge in [-0.2, -0.15) is 0 Å². The number of hydrogen-bond acceptors (Lipinski definition) is 5. The van der Waals surface area contributed by atoms with E-state index in [0.717, 1.165) is 31.5 Å². The lowest BCUT2D eigenvalue weighted by Gasteiger charge is -2.43. The van der Waals surface area contributed by atoms with Gasteiger partial charge in [0.15, 0.2) is 0 Å². The van der Waals surface area contributed by atoms with Crippen LogP contribution in [-0.4, -0.2) is 65.1 Å². The number of nitrogens with zero attached hydrogens (tertiary/aromatic N) is 4. The zero-order chi connectivity index (χ0) is 11.5. The molecule has 0 saturated carbocycles. The van der Waals surface area contributed by atoms with Gasteiger partial charge in [-0.15, -0.1) is 0 Å². The molecular formula is C12H19N5. The Bertz CT molecular complexity index is 343. The minimum absolute atomic E-state index is 0.783. The van der Waals surface area contributed by atoms with Crippen molar-refractivity contribution >= 4 is 0 Å². The summed E-state index contributed by atoms with van der Waals surface area (Å²) >= 11 is 0. The van der Waals surface area contributed by atoms with E-state index in [0.29, 0.717) is 0 Å². The smallest absolute Gasteiger partial charge is 0.142 e. The Labute approximate surface area is 102 Å². The number of piperazine rings is 1. The first-order valence-electron chi connectivity index (χ1n) is 6.35. The van der Waals surface area contributed by atoms with Crippen LogP contribution in [0.15, 0.2) is 18.5 Å². The molecule has 17 heavy (non-hydrogen) atoms. The highest BCUT2D eigenvalue weighted by molar-refractivity contribution is 4.91. The lowest BCUT2D eigenvalue weighted by Crippen LogP contribution is -2.61. The molecule has 1 aromatic rings. The van der Waals surface area contributed by atoms with E-state index in [2.05, 4.69) is 25.1 Å². The minimum Gasteiger partial charge on any atom is -0.314 e. The number of hydrogen-bond donors (Lipinski definition) is 1. The molecule has 0 atom stereocenters. The third kappa shape index (κ3) is 2.62. The first-order valence-corrected chi connectivity index (χ1v) is 6.35. The first-order chi connectivity index (χ1) is 8.42. The Hall–Kier alpha value is -1.04. The fourth-order valence-electron chi connectivity index (χ4n) is 2.43. The Morgan fingerprint density at radius 3 is 2.41 bits per heavy atom. The van der Waals surface area contributed by atoms with Crippen LogP contribution >= 0.6 is 0 Å². The normalized spacial score (nSPS) is 23.5. The van der Waals surface area contributed by atoms with Gasteiger partial charge in [0.2, 0.25) is 0 Å². The summed E-state index contributed by atoms with van der Waals surface area (Å²) in [5.41, 5.74) is 0. The highest BCUT2D eigenvalue weighted by Crippen LogP contribution is 2.10. The molecule has 1 N–H and O–H groups in total. The van der Waals surface area contributed by atoms with Crippen molar-refractivity contribution in [3.05, 3.63) is 24.3 Å². The summed E-state index contributed by atoms with van der Waals surface area (Å²) in [4.78, 5) is 13.6. The van der Waals surface area contributed by atoms with E-state index >= 15 is 0 Å². The van der Waals surface area contributed by atoms with Crippen LogP contribution in [0.3, 0.4) is 0 Å². The van der Waals surface area contributed by atoms with E-state index in [4.69, 9.17) is 0 Å². The average Bonchev–Trinajstić information content (AvgIpc) is 2.31. The number of nitrogens with one attached hydrogen (secondary N) is 1. The maximum atomic E-state index is 4.28. The predicted octanol–water partition coefficient (Wildman–Crippen LogP) is -0.434. The van der Waals surface area contributed by atoms with Crippen molar-refractivity contribution < 1.29 is 0 Å². The lowest BCUT2D eigenvalue weighted by atomic mass is 10.1. The van der Waals surface area contributed by atoms with E-state index < -0.39 is 0 Å². The van der Waals surface area contributed by atoms with Gasteiger partial charge in [-0.1, -0.05) is 0 Å². The molecule has 2 aliphatic rings. The lowest BCUT2D eigenvalue weighted by molar-refractivity contribution is 0.0684. The Balaban J connectivity index is 1.48. The molecule has 92 valence electrons. The molecule has 1 aromatic heterocycles.